The molecule has 1 aromatic heterocycles. The lowest BCUT2D eigenvalue weighted by atomic mass is 9.74. The monoisotopic (exact) mass is 417 g/mol. The van der Waals surface area contributed by atoms with Crippen molar-refractivity contribution >= 4 is 5.91 Å². The van der Waals surface area contributed by atoms with Gasteiger partial charge in [-0.15, -0.1) is 0 Å². The van der Waals surface area contributed by atoms with Crippen LogP contribution in [0.25, 0.3) is 0 Å². The lowest BCUT2D eigenvalue weighted by Gasteiger charge is -2.36. The maximum atomic E-state index is 12.8. The van der Waals surface area contributed by atoms with Crippen molar-refractivity contribution in [3.05, 3.63) is 83.2 Å². The highest BCUT2D eigenvalue weighted by molar-refractivity contribution is 5.77. The van der Waals surface area contributed by atoms with E-state index >= 15 is 0 Å². The van der Waals surface area contributed by atoms with Gasteiger partial charge in [0.2, 0.25) is 5.91 Å². The number of hydrogen-bond donors (Lipinski definition) is 1. The Bertz CT molecular complexity index is 1040. The number of aromatic nitrogens is 2. The van der Waals surface area contributed by atoms with E-state index in [-0.39, 0.29) is 17.4 Å². The molecule has 1 aliphatic rings. The molecule has 0 fully saturated rings. The minimum absolute atomic E-state index is 0.00607. The van der Waals surface area contributed by atoms with Gasteiger partial charge in [0.15, 0.2) is 0 Å². The van der Waals surface area contributed by atoms with E-state index in [0.29, 0.717) is 12.8 Å². The van der Waals surface area contributed by atoms with Gasteiger partial charge >= 0.3 is 0 Å². The Morgan fingerprint density at radius 3 is 2.68 bits per heavy atom. The maximum Gasteiger partial charge on any atom is 0.220 e. The standard InChI is InChI=1S/C26H31N3O2/c1-26(2)15-22(28-25(30)14-13-20-11-7-8-12-24(20)31-3)21-17-27-29(23(21)16-26)18-19-9-5-4-6-10-19/h4-12,17,22H,13-16,18H2,1-3H3,(H,28,30)/t22-/m1/s1. The molecule has 162 valence electrons. The van der Waals surface area contributed by atoms with Gasteiger partial charge in [-0.25, -0.2) is 0 Å². The van der Waals surface area contributed by atoms with E-state index < -0.39 is 0 Å². The van der Waals surface area contributed by atoms with Gasteiger partial charge in [-0.1, -0.05) is 62.4 Å². The second-order valence-corrected chi connectivity index (χ2v) is 9.17. The van der Waals surface area contributed by atoms with Crippen molar-refractivity contribution in [2.45, 2.75) is 52.1 Å². The van der Waals surface area contributed by atoms with Crippen LogP contribution in [0.3, 0.4) is 0 Å². The van der Waals surface area contributed by atoms with Crippen molar-refractivity contribution in [1.82, 2.24) is 15.1 Å². The molecule has 0 bridgehead atoms. The molecule has 0 radical (unpaired) electrons. The Morgan fingerprint density at radius 1 is 1.16 bits per heavy atom. The molecule has 1 atom stereocenters. The van der Waals surface area contributed by atoms with Crippen LogP contribution in [0.5, 0.6) is 5.75 Å². The van der Waals surface area contributed by atoms with E-state index in [1.165, 1.54) is 11.3 Å². The molecular weight excluding hydrogens is 386 g/mol. The number of nitrogens with one attached hydrogen (secondary N) is 1. The van der Waals surface area contributed by atoms with Crippen molar-refractivity contribution in [2.75, 3.05) is 7.11 Å². The van der Waals surface area contributed by atoms with Gasteiger partial charge in [0.05, 0.1) is 25.9 Å². The van der Waals surface area contributed by atoms with Crippen molar-refractivity contribution in [3.63, 3.8) is 0 Å². The fourth-order valence-corrected chi connectivity index (χ4v) is 4.54. The normalized spacial score (nSPS) is 17.1. The van der Waals surface area contributed by atoms with Crippen LogP contribution in [0, 0.1) is 5.41 Å². The number of carbonyl (C=O) groups excluding carboxylic acids is 1. The Labute approximate surface area is 184 Å². The quantitative estimate of drug-likeness (QED) is 0.606. The molecule has 0 spiro atoms. The summed E-state index contributed by atoms with van der Waals surface area (Å²) in [5, 5.41) is 7.96. The third kappa shape index (κ3) is 4.98. The van der Waals surface area contributed by atoms with Gasteiger partial charge in [-0.3, -0.25) is 9.48 Å². The first-order valence-electron chi connectivity index (χ1n) is 10.9. The first-order chi connectivity index (χ1) is 14.9. The van der Waals surface area contributed by atoms with Crippen molar-refractivity contribution in [1.29, 1.82) is 0 Å². The zero-order chi connectivity index (χ0) is 21.8. The minimum Gasteiger partial charge on any atom is -0.496 e. The summed E-state index contributed by atoms with van der Waals surface area (Å²) in [7, 11) is 1.66. The molecule has 0 aliphatic heterocycles. The zero-order valence-electron chi connectivity index (χ0n) is 18.6. The predicted octanol–water partition coefficient (Wildman–Crippen LogP) is 4.70. The summed E-state index contributed by atoms with van der Waals surface area (Å²) in [6, 6.07) is 18.3. The molecule has 4 rings (SSSR count). The van der Waals surface area contributed by atoms with Crippen molar-refractivity contribution in [3.8, 4) is 5.75 Å². The number of rotatable bonds is 7. The average molecular weight is 418 g/mol. The highest BCUT2D eigenvalue weighted by atomic mass is 16.5. The number of carbonyl (C=O) groups is 1. The SMILES string of the molecule is COc1ccccc1CCC(=O)N[C@@H]1CC(C)(C)Cc2c1cnn2Cc1ccccc1. The summed E-state index contributed by atoms with van der Waals surface area (Å²) < 4.78 is 7.51. The zero-order valence-corrected chi connectivity index (χ0v) is 18.6. The Balaban J connectivity index is 1.47. The Kier molecular flexibility index (Phi) is 6.12. The van der Waals surface area contributed by atoms with Crippen LogP contribution < -0.4 is 10.1 Å². The van der Waals surface area contributed by atoms with Gasteiger partial charge in [-0.05, 0) is 41.9 Å². The van der Waals surface area contributed by atoms with Crippen LogP contribution in [0.15, 0.2) is 60.8 Å². The van der Waals surface area contributed by atoms with Crippen molar-refractivity contribution in [2.24, 2.45) is 5.41 Å². The van der Waals surface area contributed by atoms with Crippen LogP contribution in [-0.4, -0.2) is 22.8 Å². The highest BCUT2D eigenvalue weighted by Crippen LogP contribution is 2.41. The van der Waals surface area contributed by atoms with Gasteiger partial charge in [0, 0.05) is 17.7 Å². The van der Waals surface area contributed by atoms with Crippen LogP contribution >= 0.6 is 0 Å². The second kappa shape index (κ2) is 8.96. The highest BCUT2D eigenvalue weighted by Gasteiger charge is 2.35. The molecule has 1 heterocycles. The molecule has 1 N–H and O–H groups in total. The number of benzene rings is 2. The molecule has 0 saturated heterocycles. The van der Waals surface area contributed by atoms with Gasteiger partial charge in [0.25, 0.3) is 0 Å². The topological polar surface area (TPSA) is 56.1 Å². The molecule has 1 aliphatic carbocycles. The van der Waals surface area contributed by atoms with E-state index in [1.807, 2.05) is 36.5 Å². The predicted molar refractivity (Wildman–Crippen MR) is 122 cm³/mol. The molecule has 5 nitrogen and oxygen atoms in total. The van der Waals surface area contributed by atoms with E-state index in [2.05, 4.69) is 53.2 Å². The number of fused-ring (bicyclic) bond motifs is 1. The molecule has 1 amide bonds. The lowest BCUT2D eigenvalue weighted by molar-refractivity contribution is -0.122. The third-order valence-corrected chi connectivity index (χ3v) is 6.08. The first-order valence-corrected chi connectivity index (χ1v) is 10.9. The largest absolute Gasteiger partial charge is 0.496 e. The molecular formula is C26H31N3O2. The number of methoxy groups -OCH3 is 1. The molecule has 3 aromatic rings. The van der Waals surface area contributed by atoms with Gasteiger partial charge in [-0.2, -0.15) is 5.10 Å². The van der Waals surface area contributed by atoms with E-state index in [4.69, 9.17) is 4.74 Å². The maximum absolute atomic E-state index is 12.8. The van der Waals surface area contributed by atoms with E-state index in [0.717, 1.165) is 36.3 Å². The van der Waals surface area contributed by atoms with Crippen LogP contribution in [0.2, 0.25) is 0 Å². The fourth-order valence-electron chi connectivity index (χ4n) is 4.54. The number of amides is 1. The van der Waals surface area contributed by atoms with Crippen LogP contribution in [-0.2, 0) is 24.2 Å². The second-order valence-electron chi connectivity index (χ2n) is 9.17. The third-order valence-electron chi connectivity index (χ3n) is 6.08. The molecule has 31 heavy (non-hydrogen) atoms. The Morgan fingerprint density at radius 2 is 1.90 bits per heavy atom. The minimum atomic E-state index is -0.00607. The molecule has 0 unspecified atom stereocenters. The lowest BCUT2D eigenvalue weighted by Crippen LogP contribution is -2.37. The van der Waals surface area contributed by atoms with Gasteiger partial charge < -0.3 is 10.1 Å². The van der Waals surface area contributed by atoms with Crippen LogP contribution in [0.1, 0.15) is 55.1 Å². The number of aryl methyl sites for hydroxylation is 1. The van der Waals surface area contributed by atoms with E-state index in [1.54, 1.807) is 7.11 Å². The summed E-state index contributed by atoms with van der Waals surface area (Å²) in [4.78, 5) is 12.8. The summed E-state index contributed by atoms with van der Waals surface area (Å²) in [6.45, 7) is 5.29. The fraction of sp³-hybridized carbons (Fsp3) is 0.385. The summed E-state index contributed by atoms with van der Waals surface area (Å²) in [5.41, 5.74) is 4.77. The van der Waals surface area contributed by atoms with E-state index in [9.17, 15) is 4.79 Å². The van der Waals surface area contributed by atoms with Crippen molar-refractivity contribution < 1.29 is 9.53 Å². The number of para-hydroxylation sites is 1. The molecule has 0 saturated carbocycles. The smallest absolute Gasteiger partial charge is 0.220 e. The van der Waals surface area contributed by atoms with Gasteiger partial charge in [0.1, 0.15) is 5.75 Å². The summed E-state index contributed by atoms with van der Waals surface area (Å²) >= 11 is 0. The molecule has 2 aromatic carbocycles. The number of hydrogen-bond acceptors (Lipinski definition) is 3. The average Bonchev–Trinajstić information content (AvgIpc) is 3.14. The summed E-state index contributed by atoms with van der Waals surface area (Å²) in [5.74, 6) is 0.897. The molecule has 5 heteroatoms. The van der Waals surface area contributed by atoms with Crippen LogP contribution in [0.4, 0.5) is 0 Å². The number of ether oxygens (including phenoxy) is 1. The number of nitrogens with zero attached hydrogens (tertiary/aromatic N) is 2. The Hall–Kier alpha value is -3.08. The first kappa shape index (κ1) is 21.2. The summed E-state index contributed by atoms with van der Waals surface area (Å²) in [6.07, 6.45) is 4.91.